The highest BCUT2D eigenvalue weighted by molar-refractivity contribution is 5.94. The number of nitrogens with one attached hydrogen (secondary N) is 1. The SMILES string of the molecule is C#CCCCCNc1nnc(C)c(C)c1C(=O)O. The van der Waals surface area contributed by atoms with Gasteiger partial charge in [0.2, 0.25) is 0 Å². The second-order valence-corrected chi connectivity index (χ2v) is 4.03. The quantitative estimate of drug-likeness (QED) is 0.594. The molecule has 0 amide bonds. The molecule has 0 atom stereocenters. The van der Waals surface area contributed by atoms with Gasteiger partial charge < -0.3 is 10.4 Å². The molecule has 96 valence electrons. The Hall–Kier alpha value is -2.09. The summed E-state index contributed by atoms with van der Waals surface area (Å²) >= 11 is 0. The Morgan fingerprint density at radius 2 is 2.11 bits per heavy atom. The Bertz CT molecular complexity index is 478. The van der Waals surface area contributed by atoms with Gasteiger partial charge in [-0.25, -0.2) is 4.79 Å². The van der Waals surface area contributed by atoms with E-state index in [1.165, 1.54) is 0 Å². The van der Waals surface area contributed by atoms with Crippen molar-refractivity contribution in [3.05, 3.63) is 16.8 Å². The van der Waals surface area contributed by atoms with Gasteiger partial charge in [0.15, 0.2) is 5.82 Å². The summed E-state index contributed by atoms with van der Waals surface area (Å²) < 4.78 is 0. The molecule has 0 saturated heterocycles. The van der Waals surface area contributed by atoms with E-state index in [0.29, 0.717) is 23.6 Å². The normalized spacial score (nSPS) is 9.83. The predicted octanol–water partition coefficient (Wildman–Crippen LogP) is 2.01. The first-order valence-electron chi connectivity index (χ1n) is 5.82. The van der Waals surface area contributed by atoms with Gasteiger partial charge in [0.05, 0.1) is 5.69 Å². The maximum atomic E-state index is 11.2. The summed E-state index contributed by atoms with van der Waals surface area (Å²) in [4.78, 5) is 11.2. The summed E-state index contributed by atoms with van der Waals surface area (Å²) in [6.07, 6.45) is 7.66. The lowest BCUT2D eigenvalue weighted by Crippen LogP contribution is -2.13. The number of hydrogen-bond acceptors (Lipinski definition) is 4. The summed E-state index contributed by atoms with van der Waals surface area (Å²) in [5.74, 6) is 1.90. The second-order valence-electron chi connectivity index (χ2n) is 4.03. The Morgan fingerprint density at radius 1 is 1.39 bits per heavy atom. The number of hydrogen-bond donors (Lipinski definition) is 2. The molecule has 0 aliphatic carbocycles. The van der Waals surface area contributed by atoms with Crippen LogP contribution >= 0.6 is 0 Å². The van der Waals surface area contributed by atoms with Crippen LogP contribution in [0.15, 0.2) is 0 Å². The molecule has 0 fully saturated rings. The molecule has 5 heteroatoms. The van der Waals surface area contributed by atoms with Crippen LogP contribution in [-0.4, -0.2) is 27.8 Å². The molecular formula is C13H17N3O2. The molecule has 0 spiro atoms. The molecule has 0 aliphatic rings. The maximum absolute atomic E-state index is 11.2. The highest BCUT2D eigenvalue weighted by Gasteiger charge is 2.16. The lowest BCUT2D eigenvalue weighted by atomic mass is 10.1. The van der Waals surface area contributed by atoms with Crippen LogP contribution in [0.25, 0.3) is 0 Å². The highest BCUT2D eigenvalue weighted by Crippen LogP contribution is 2.18. The van der Waals surface area contributed by atoms with Crippen molar-refractivity contribution in [3.63, 3.8) is 0 Å². The molecule has 0 aromatic carbocycles. The van der Waals surface area contributed by atoms with E-state index >= 15 is 0 Å². The fourth-order valence-electron chi connectivity index (χ4n) is 1.55. The van der Waals surface area contributed by atoms with Gasteiger partial charge in [-0.3, -0.25) is 0 Å². The van der Waals surface area contributed by atoms with Crippen LogP contribution in [0.4, 0.5) is 5.82 Å². The molecule has 2 N–H and O–H groups in total. The summed E-state index contributed by atoms with van der Waals surface area (Å²) in [6.45, 7) is 4.11. The van der Waals surface area contributed by atoms with Gasteiger partial charge in [0.1, 0.15) is 5.56 Å². The summed E-state index contributed by atoms with van der Waals surface area (Å²) in [5.41, 5.74) is 1.47. The van der Waals surface area contributed by atoms with Crippen molar-refractivity contribution in [2.75, 3.05) is 11.9 Å². The minimum absolute atomic E-state index is 0.194. The third-order valence-corrected chi connectivity index (χ3v) is 2.71. The van der Waals surface area contributed by atoms with E-state index in [1.807, 2.05) is 0 Å². The third-order valence-electron chi connectivity index (χ3n) is 2.71. The fraction of sp³-hybridized carbons (Fsp3) is 0.462. The first kappa shape index (κ1) is 14.0. The Kier molecular flexibility index (Phi) is 5.12. The van der Waals surface area contributed by atoms with Crippen molar-refractivity contribution in [3.8, 4) is 12.3 Å². The largest absolute Gasteiger partial charge is 0.478 e. The van der Waals surface area contributed by atoms with E-state index in [2.05, 4.69) is 21.4 Å². The lowest BCUT2D eigenvalue weighted by molar-refractivity contribution is 0.0696. The number of anilines is 1. The van der Waals surface area contributed by atoms with E-state index < -0.39 is 5.97 Å². The molecule has 1 aromatic rings. The zero-order chi connectivity index (χ0) is 13.5. The van der Waals surface area contributed by atoms with Crippen LogP contribution in [-0.2, 0) is 0 Å². The van der Waals surface area contributed by atoms with Gasteiger partial charge in [-0.1, -0.05) is 0 Å². The molecule has 0 bridgehead atoms. The fourth-order valence-corrected chi connectivity index (χ4v) is 1.55. The number of carboxylic acids is 1. The second kappa shape index (κ2) is 6.60. The Labute approximate surface area is 107 Å². The Balaban J connectivity index is 2.74. The van der Waals surface area contributed by atoms with Crippen LogP contribution in [0.1, 0.15) is 40.9 Å². The summed E-state index contributed by atoms with van der Waals surface area (Å²) in [6, 6.07) is 0. The van der Waals surface area contributed by atoms with E-state index in [-0.39, 0.29) is 5.56 Å². The highest BCUT2D eigenvalue weighted by atomic mass is 16.4. The number of aryl methyl sites for hydroxylation is 1. The van der Waals surface area contributed by atoms with Crippen LogP contribution in [0.3, 0.4) is 0 Å². The van der Waals surface area contributed by atoms with Crippen molar-refractivity contribution in [2.45, 2.75) is 33.1 Å². The molecule has 1 aromatic heterocycles. The number of carboxylic acid groups (broad SMARTS) is 1. The zero-order valence-corrected chi connectivity index (χ0v) is 10.7. The molecule has 5 nitrogen and oxygen atoms in total. The summed E-state index contributed by atoms with van der Waals surface area (Å²) in [7, 11) is 0. The van der Waals surface area contributed by atoms with E-state index in [1.54, 1.807) is 13.8 Å². The van der Waals surface area contributed by atoms with Crippen LogP contribution < -0.4 is 5.32 Å². The minimum Gasteiger partial charge on any atom is -0.478 e. The van der Waals surface area contributed by atoms with E-state index in [4.69, 9.17) is 6.42 Å². The van der Waals surface area contributed by atoms with Gasteiger partial charge >= 0.3 is 5.97 Å². The van der Waals surface area contributed by atoms with E-state index in [9.17, 15) is 9.90 Å². The zero-order valence-electron chi connectivity index (χ0n) is 10.7. The smallest absolute Gasteiger partial charge is 0.339 e. The number of nitrogens with zero attached hydrogens (tertiary/aromatic N) is 2. The van der Waals surface area contributed by atoms with Crippen LogP contribution in [0.5, 0.6) is 0 Å². The van der Waals surface area contributed by atoms with Crippen molar-refractivity contribution in [2.24, 2.45) is 0 Å². The number of carbonyl (C=O) groups is 1. The standard InChI is InChI=1S/C13H17N3O2/c1-4-5-6-7-8-14-12-11(13(17)18)9(2)10(3)15-16-12/h1H,5-8H2,2-3H3,(H,14,16)(H,17,18). The Morgan fingerprint density at radius 3 is 2.72 bits per heavy atom. The molecule has 1 heterocycles. The maximum Gasteiger partial charge on any atom is 0.339 e. The van der Waals surface area contributed by atoms with Crippen molar-refractivity contribution < 1.29 is 9.90 Å². The molecule has 18 heavy (non-hydrogen) atoms. The van der Waals surface area contributed by atoms with Gasteiger partial charge in [-0.05, 0) is 32.3 Å². The number of terminal acetylenes is 1. The number of aromatic nitrogens is 2. The predicted molar refractivity (Wildman–Crippen MR) is 69.6 cm³/mol. The first-order valence-corrected chi connectivity index (χ1v) is 5.82. The third kappa shape index (κ3) is 3.45. The average Bonchev–Trinajstić information content (AvgIpc) is 2.33. The monoisotopic (exact) mass is 247 g/mol. The van der Waals surface area contributed by atoms with Crippen LogP contribution in [0, 0.1) is 26.2 Å². The van der Waals surface area contributed by atoms with E-state index in [0.717, 1.165) is 19.3 Å². The first-order chi connectivity index (χ1) is 8.57. The van der Waals surface area contributed by atoms with Crippen molar-refractivity contribution in [1.82, 2.24) is 10.2 Å². The molecule has 0 unspecified atom stereocenters. The average molecular weight is 247 g/mol. The topological polar surface area (TPSA) is 75.1 Å². The molecule has 0 saturated carbocycles. The molecular weight excluding hydrogens is 230 g/mol. The van der Waals surface area contributed by atoms with Crippen molar-refractivity contribution >= 4 is 11.8 Å². The number of aromatic carboxylic acids is 1. The van der Waals surface area contributed by atoms with Gasteiger partial charge in [0.25, 0.3) is 0 Å². The van der Waals surface area contributed by atoms with Crippen molar-refractivity contribution in [1.29, 1.82) is 0 Å². The number of rotatable bonds is 6. The lowest BCUT2D eigenvalue weighted by Gasteiger charge is -2.10. The van der Waals surface area contributed by atoms with Gasteiger partial charge in [0, 0.05) is 13.0 Å². The number of unbranched alkanes of at least 4 members (excludes halogenated alkanes) is 2. The molecule has 0 radical (unpaired) electrons. The van der Waals surface area contributed by atoms with Gasteiger partial charge in [-0.15, -0.1) is 17.4 Å². The minimum atomic E-state index is -0.989. The van der Waals surface area contributed by atoms with Crippen LogP contribution in [0.2, 0.25) is 0 Å². The molecule has 0 aliphatic heterocycles. The van der Waals surface area contributed by atoms with Gasteiger partial charge in [-0.2, -0.15) is 5.10 Å². The summed E-state index contributed by atoms with van der Waals surface area (Å²) in [5, 5.41) is 20.0. The molecule has 1 rings (SSSR count).